The van der Waals surface area contributed by atoms with Crippen LogP contribution in [0.15, 0.2) is 66.7 Å². The number of aromatic hydroxyl groups is 1. The Kier molecular flexibility index (Phi) is 7.10. The summed E-state index contributed by atoms with van der Waals surface area (Å²) in [5, 5.41) is 15.0. The Morgan fingerprint density at radius 2 is 1.63 bits per heavy atom. The van der Waals surface area contributed by atoms with E-state index in [1.807, 2.05) is 24.3 Å². The largest absolute Gasteiger partial charge is 0.508 e. The van der Waals surface area contributed by atoms with Crippen LogP contribution in [0.1, 0.15) is 48.8 Å². The van der Waals surface area contributed by atoms with Crippen LogP contribution in [0.3, 0.4) is 0 Å². The van der Waals surface area contributed by atoms with E-state index in [1.54, 1.807) is 13.2 Å². The molecule has 1 saturated carbocycles. The Morgan fingerprint density at radius 3 is 2.34 bits per heavy atom. The average Bonchev–Trinajstić information content (AvgIpc) is 3.16. The van der Waals surface area contributed by atoms with Crippen LogP contribution in [-0.2, 0) is 13.0 Å². The van der Waals surface area contributed by atoms with E-state index in [1.165, 1.54) is 54.5 Å². The molecule has 0 unspecified atom stereocenters. The molecular formula is C31H36N2O2. The normalized spacial score (nSPS) is 14.5. The highest BCUT2D eigenvalue weighted by molar-refractivity contribution is 5.92. The minimum absolute atomic E-state index is 0.297. The number of benzene rings is 3. The molecule has 1 aliphatic rings. The van der Waals surface area contributed by atoms with Crippen LogP contribution < -0.4 is 10.1 Å². The molecule has 4 aromatic rings. The third-order valence-electron chi connectivity index (χ3n) is 7.48. The van der Waals surface area contributed by atoms with Gasteiger partial charge in [-0.25, -0.2) is 0 Å². The van der Waals surface area contributed by atoms with E-state index in [9.17, 15) is 5.11 Å². The fourth-order valence-electron chi connectivity index (χ4n) is 5.52. The number of hydrogen-bond donors (Lipinski definition) is 2. The molecule has 0 aliphatic heterocycles. The summed E-state index contributed by atoms with van der Waals surface area (Å²) in [6.45, 7) is 3.97. The highest BCUT2D eigenvalue weighted by Crippen LogP contribution is 2.36. The molecule has 5 rings (SSSR count). The molecule has 3 aromatic carbocycles. The lowest BCUT2D eigenvalue weighted by Crippen LogP contribution is -2.32. The van der Waals surface area contributed by atoms with Crippen molar-refractivity contribution in [2.24, 2.45) is 0 Å². The molecule has 35 heavy (non-hydrogen) atoms. The van der Waals surface area contributed by atoms with Gasteiger partial charge in [-0.2, -0.15) is 0 Å². The highest BCUT2D eigenvalue weighted by Gasteiger charge is 2.17. The maximum absolute atomic E-state index is 10.1. The van der Waals surface area contributed by atoms with Crippen LogP contribution in [-0.4, -0.2) is 29.4 Å². The maximum atomic E-state index is 10.1. The predicted octanol–water partition coefficient (Wildman–Crippen LogP) is 6.84. The third-order valence-corrected chi connectivity index (χ3v) is 7.48. The molecule has 1 aromatic heterocycles. The van der Waals surface area contributed by atoms with Gasteiger partial charge >= 0.3 is 0 Å². The molecule has 182 valence electrons. The first-order chi connectivity index (χ1) is 17.1. The number of methoxy groups -OCH3 is 1. The molecule has 0 saturated heterocycles. The Bertz CT molecular complexity index is 1270. The molecule has 4 heteroatoms. The number of ether oxygens (including phenoxy) is 1. The van der Waals surface area contributed by atoms with Crippen LogP contribution in [0.5, 0.6) is 11.5 Å². The van der Waals surface area contributed by atoms with Crippen molar-refractivity contribution >= 4 is 10.9 Å². The highest BCUT2D eigenvalue weighted by atomic mass is 16.5. The van der Waals surface area contributed by atoms with Crippen LogP contribution in [0.2, 0.25) is 0 Å². The number of fused-ring (bicyclic) bond motifs is 1. The predicted molar refractivity (Wildman–Crippen MR) is 144 cm³/mol. The molecule has 0 radical (unpaired) electrons. The van der Waals surface area contributed by atoms with E-state index in [0.717, 1.165) is 41.7 Å². The zero-order valence-corrected chi connectivity index (χ0v) is 20.9. The van der Waals surface area contributed by atoms with Gasteiger partial charge in [-0.05, 0) is 97.4 Å². The van der Waals surface area contributed by atoms with E-state index in [-0.39, 0.29) is 0 Å². The zero-order chi connectivity index (χ0) is 24.2. The molecule has 1 heterocycles. The fourth-order valence-corrected chi connectivity index (χ4v) is 5.52. The smallest absolute Gasteiger partial charge is 0.118 e. The lowest BCUT2D eigenvalue weighted by Gasteiger charge is -2.22. The lowest BCUT2D eigenvalue weighted by molar-refractivity contribution is 0.375. The van der Waals surface area contributed by atoms with Crippen molar-refractivity contribution in [2.45, 2.75) is 58.0 Å². The summed E-state index contributed by atoms with van der Waals surface area (Å²) in [6.07, 6.45) is 7.88. The summed E-state index contributed by atoms with van der Waals surface area (Å²) < 4.78 is 7.73. The molecule has 4 nitrogen and oxygen atoms in total. The monoisotopic (exact) mass is 468 g/mol. The Balaban J connectivity index is 1.38. The number of nitrogens with one attached hydrogen (secondary N) is 1. The molecule has 2 N–H and O–H groups in total. The van der Waals surface area contributed by atoms with E-state index in [2.05, 4.69) is 53.2 Å². The van der Waals surface area contributed by atoms with E-state index >= 15 is 0 Å². The first-order valence-electron chi connectivity index (χ1n) is 12.9. The van der Waals surface area contributed by atoms with Crippen molar-refractivity contribution in [3.05, 3.63) is 83.4 Å². The van der Waals surface area contributed by atoms with Gasteiger partial charge < -0.3 is 19.7 Å². The van der Waals surface area contributed by atoms with Gasteiger partial charge in [-0.3, -0.25) is 0 Å². The van der Waals surface area contributed by atoms with Crippen molar-refractivity contribution < 1.29 is 9.84 Å². The van der Waals surface area contributed by atoms with Crippen LogP contribution in [0, 0.1) is 6.92 Å². The second kappa shape index (κ2) is 10.6. The first kappa shape index (κ1) is 23.5. The van der Waals surface area contributed by atoms with Gasteiger partial charge in [0.2, 0.25) is 0 Å². The Morgan fingerprint density at radius 1 is 0.914 bits per heavy atom. The number of hydrogen-bond acceptors (Lipinski definition) is 3. The summed E-state index contributed by atoms with van der Waals surface area (Å²) in [5.41, 5.74) is 7.27. The molecule has 0 atom stereocenters. The van der Waals surface area contributed by atoms with E-state index < -0.39 is 0 Å². The molecular weight excluding hydrogens is 432 g/mol. The van der Waals surface area contributed by atoms with E-state index in [4.69, 9.17) is 4.74 Å². The van der Waals surface area contributed by atoms with Crippen LogP contribution in [0.25, 0.3) is 22.2 Å². The summed E-state index contributed by atoms with van der Waals surface area (Å²) in [5.74, 6) is 1.14. The minimum atomic E-state index is 0.297. The molecule has 0 spiro atoms. The summed E-state index contributed by atoms with van der Waals surface area (Å²) in [7, 11) is 1.69. The first-order valence-corrected chi connectivity index (χ1v) is 12.9. The van der Waals surface area contributed by atoms with Gasteiger partial charge in [0.25, 0.3) is 0 Å². The van der Waals surface area contributed by atoms with Crippen LogP contribution >= 0.6 is 0 Å². The van der Waals surface area contributed by atoms with Crippen molar-refractivity contribution in [2.75, 3.05) is 13.7 Å². The number of phenols is 1. The standard InChI is InChI=1S/C31H36N2O2/c1-22-29-20-27(34)14-17-30(29)33(31(22)25-12-15-28(35-2)16-13-25)21-24-10-8-23(9-11-24)18-19-32-26-6-4-3-5-7-26/h8-17,20,26,32,34H,3-7,18-19,21H2,1-2H3. The Hall–Kier alpha value is -3.24. The summed E-state index contributed by atoms with van der Waals surface area (Å²) >= 11 is 0. The second-order valence-electron chi connectivity index (χ2n) is 9.85. The molecule has 0 amide bonds. The third kappa shape index (κ3) is 5.23. The molecule has 1 fully saturated rings. The lowest BCUT2D eigenvalue weighted by atomic mass is 9.95. The number of nitrogens with zero attached hydrogens (tertiary/aromatic N) is 1. The van der Waals surface area contributed by atoms with Gasteiger partial charge in [0.05, 0.1) is 12.8 Å². The van der Waals surface area contributed by atoms with Gasteiger partial charge in [0.1, 0.15) is 11.5 Å². The van der Waals surface area contributed by atoms with Gasteiger partial charge in [0.15, 0.2) is 0 Å². The minimum Gasteiger partial charge on any atom is -0.508 e. The Labute approximate surface area is 208 Å². The van der Waals surface area contributed by atoms with Crippen molar-refractivity contribution in [3.8, 4) is 22.8 Å². The van der Waals surface area contributed by atoms with Gasteiger partial charge in [-0.1, -0.05) is 43.5 Å². The fraction of sp³-hybridized carbons (Fsp3) is 0.355. The second-order valence-corrected chi connectivity index (χ2v) is 9.85. The van der Waals surface area contributed by atoms with Gasteiger partial charge in [0, 0.05) is 23.5 Å². The number of phenolic OH excluding ortho intramolecular Hbond substituents is 1. The van der Waals surface area contributed by atoms with Crippen molar-refractivity contribution in [1.29, 1.82) is 0 Å². The molecule has 1 aliphatic carbocycles. The SMILES string of the molecule is COc1ccc(-c2c(C)c3cc(O)ccc3n2Cc2ccc(CCNC3CCCCC3)cc2)cc1. The van der Waals surface area contributed by atoms with E-state index in [0.29, 0.717) is 11.8 Å². The van der Waals surface area contributed by atoms with Crippen LogP contribution in [0.4, 0.5) is 0 Å². The average molecular weight is 469 g/mol. The number of rotatable bonds is 8. The quantitative estimate of drug-likeness (QED) is 0.297. The maximum Gasteiger partial charge on any atom is 0.118 e. The summed E-state index contributed by atoms with van der Waals surface area (Å²) in [4.78, 5) is 0. The van der Waals surface area contributed by atoms with Gasteiger partial charge in [-0.15, -0.1) is 0 Å². The number of aromatic nitrogens is 1. The zero-order valence-electron chi connectivity index (χ0n) is 20.9. The van der Waals surface area contributed by atoms with Crippen molar-refractivity contribution in [1.82, 2.24) is 9.88 Å². The number of aryl methyl sites for hydroxylation is 1. The molecule has 0 bridgehead atoms. The van der Waals surface area contributed by atoms with Crippen molar-refractivity contribution in [3.63, 3.8) is 0 Å². The topological polar surface area (TPSA) is 46.4 Å². The summed E-state index contributed by atoms with van der Waals surface area (Å²) in [6, 6.07) is 23.7.